The number of amides is 1. The number of carbonyl (C=O) groups is 1. The van der Waals surface area contributed by atoms with Gasteiger partial charge in [0, 0.05) is 16.9 Å². The number of nitrogens with one attached hydrogen (secondary N) is 1. The lowest BCUT2D eigenvalue weighted by atomic mass is 10.0. The molecule has 1 aromatic heterocycles. The van der Waals surface area contributed by atoms with E-state index in [2.05, 4.69) is 48.4 Å². The van der Waals surface area contributed by atoms with Crippen molar-refractivity contribution in [2.75, 3.05) is 5.32 Å². The van der Waals surface area contributed by atoms with Gasteiger partial charge in [-0.25, -0.2) is 4.98 Å². The van der Waals surface area contributed by atoms with Gasteiger partial charge in [-0.1, -0.05) is 51.0 Å². The third kappa shape index (κ3) is 4.20. The van der Waals surface area contributed by atoms with E-state index in [0.717, 1.165) is 30.5 Å². The van der Waals surface area contributed by atoms with Crippen molar-refractivity contribution in [2.45, 2.75) is 46.0 Å². The first kappa shape index (κ1) is 16.2. The average molecular weight is 328 g/mol. The number of rotatable bonds is 5. The average Bonchev–Trinajstić information content (AvgIpc) is 3.18. The zero-order chi connectivity index (χ0) is 16.2. The van der Waals surface area contributed by atoms with Crippen molar-refractivity contribution in [3.05, 3.63) is 35.2 Å². The van der Waals surface area contributed by atoms with E-state index in [9.17, 15) is 4.79 Å². The molecular weight excluding hydrogens is 304 g/mol. The Hall–Kier alpha value is -1.68. The van der Waals surface area contributed by atoms with Crippen LogP contribution in [0.3, 0.4) is 0 Å². The summed E-state index contributed by atoms with van der Waals surface area (Å²) in [4.78, 5) is 16.7. The number of benzene rings is 1. The maximum absolute atomic E-state index is 12.2. The third-order valence-electron chi connectivity index (χ3n) is 4.35. The Labute approximate surface area is 142 Å². The lowest BCUT2D eigenvalue weighted by Gasteiger charge is -2.07. The number of hydrogen-bond donors (Lipinski definition) is 1. The molecule has 0 aliphatic heterocycles. The highest BCUT2D eigenvalue weighted by atomic mass is 32.1. The van der Waals surface area contributed by atoms with Crippen molar-refractivity contribution >= 4 is 22.4 Å². The number of nitrogens with zero attached hydrogens (tertiary/aromatic N) is 1. The first-order chi connectivity index (χ1) is 11.1. The second kappa shape index (κ2) is 7.26. The largest absolute Gasteiger partial charge is 0.302 e. The minimum absolute atomic E-state index is 0.135. The predicted molar refractivity (Wildman–Crippen MR) is 96.7 cm³/mol. The van der Waals surface area contributed by atoms with Gasteiger partial charge in [0.25, 0.3) is 0 Å². The lowest BCUT2D eigenvalue weighted by molar-refractivity contribution is -0.119. The van der Waals surface area contributed by atoms with E-state index in [0.29, 0.717) is 11.0 Å². The molecule has 3 nitrogen and oxygen atoms in total. The topological polar surface area (TPSA) is 42.0 Å². The summed E-state index contributed by atoms with van der Waals surface area (Å²) in [6.45, 7) is 4.46. The number of aromatic nitrogens is 1. The SMILES string of the molecule is CC(C)Cc1ccc(-c2csc(NC(=O)C3CCCC3)n2)cc1. The second-order valence-corrected chi connectivity index (χ2v) is 7.66. The summed E-state index contributed by atoms with van der Waals surface area (Å²) in [5.74, 6) is 0.978. The molecule has 1 fully saturated rings. The molecule has 0 unspecified atom stereocenters. The molecule has 23 heavy (non-hydrogen) atoms. The van der Waals surface area contributed by atoms with Crippen molar-refractivity contribution in [1.82, 2.24) is 4.98 Å². The van der Waals surface area contributed by atoms with E-state index in [-0.39, 0.29) is 11.8 Å². The molecule has 1 aliphatic rings. The fourth-order valence-corrected chi connectivity index (χ4v) is 3.86. The fourth-order valence-electron chi connectivity index (χ4n) is 3.14. The molecule has 1 heterocycles. The standard InChI is InChI=1S/C19H24N2OS/c1-13(2)11-14-7-9-15(10-8-14)17-12-23-19(20-17)21-18(22)16-5-3-4-6-16/h7-10,12-13,16H,3-6,11H2,1-2H3,(H,20,21,22). The number of thiazole rings is 1. The predicted octanol–water partition coefficient (Wildman–Crippen LogP) is 5.14. The van der Waals surface area contributed by atoms with Gasteiger partial charge < -0.3 is 5.32 Å². The van der Waals surface area contributed by atoms with Crippen LogP contribution in [0.5, 0.6) is 0 Å². The molecular formula is C19H24N2OS. The van der Waals surface area contributed by atoms with E-state index in [1.54, 1.807) is 0 Å². The van der Waals surface area contributed by atoms with E-state index in [4.69, 9.17) is 0 Å². The summed E-state index contributed by atoms with van der Waals surface area (Å²) in [6, 6.07) is 8.58. The van der Waals surface area contributed by atoms with Crippen molar-refractivity contribution < 1.29 is 4.79 Å². The van der Waals surface area contributed by atoms with Gasteiger partial charge in [0.2, 0.25) is 5.91 Å². The van der Waals surface area contributed by atoms with Gasteiger partial charge in [-0.15, -0.1) is 11.3 Å². The van der Waals surface area contributed by atoms with Crippen LogP contribution in [-0.2, 0) is 11.2 Å². The number of hydrogen-bond acceptors (Lipinski definition) is 3. The van der Waals surface area contributed by atoms with Crippen LogP contribution < -0.4 is 5.32 Å². The summed E-state index contributed by atoms with van der Waals surface area (Å²) >= 11 is 1.50. The zero-order valence-corrected chi connectivity index (χ0v) is 14.7. The molecule has 1 aliphatic carbocycles. The van der Waals surface area contributed by atoms with Crippen LogP contribution in [0.1, 0.15) is 45.1 Å². The molecule has 0 spiro atoms. The monoisotopic (exact) mass is 328 g/mol. The highest BCUT2D eigenvalue weighted by Gasteiger charge is 2.23. The van der Waals surface area contributed by atoms with Crippen LogP contribution in [0, 0.1) is 11.8 Å². The van der Waals surface area contributed by atoms with Gasteiger partial charge in [0.1, 0.15) is 0 Å². The summed E-state index contributed by atoms with van der Waals surface area (Å²) in [6.07, 6.45) is 5.47. The van der Waals surface area contributed by atoms with Gasteiger partial charge in [-0.3, -0.25) is 4.79 Å². The molecule has 0 atom stereocenters. The van der Waals surface area contributed by atoms with Crippen LogP contribution in [0.2, 0.25) is 0 Å². The van der Waals surface area contributed by atoms with Crippen LogP contribution >= 0.6 is 11.3 Å². The Balaban J connectivity index is 1.65. The molecule has 1 amide bonds. The summed E-state index contributed by atoms with van der Waals surface area (Å²) < 4.78 is 0. The molecule has 3 rings (SSSR count). The lowest BCUT2D eigenvalue weighted by Crippen LogP contribution is -2.20. The molecule has 0 bridgehead atoms. The molecule has 0 radical (unpaired) electrons. The molecule has 1 N–H and O–H groups in total. The van der Waals surface area contributed by atoms with E-state index >= 15 is 0 Å². The van der Waals surface area contributed by atoms with E-state index in [1.165, 1.54) is 29.7 Å². The summed E-state index contributed by atoms with van der Waals surface area (Å²) in [5, 5.41) is 5.71. The van der Waals surface area contributed by atoms with Crippen molar-refractivity contribution in [3.63, 3.8) is 0 Å². The molecule has 0 saturated heterocycles. The third-order valence-corrected chi connectivity index (χ3v) is 5.11. The van der Waals surface area contributed by atoms with Crippen LogP contribution in [0.4, 0.5) is 5.13 Å². The van der Waals surface area contributed by atoms with Gasteiger partial charge >= 0.3 is 0 Å². The molecule has 2 aromatic rings. The Morgan fingerprint density at radius 1 is 1.26 bits per heavy atom. The van der Waals surface area contributed by atoms with E-state index < -0.39 is 0 Å². The van der Waals surface area contributed by atoms with Gasteiger partial charge in [0.05, 0.1) is 5.69 Å². The highest BCUT2D eigenvalue weighted by Crippen LogP contribution is 2.29. The van der Waals surface area contributed by atoms with E-state index in [1.807, 2.05) is 5.38 Å². The molecule has 4 heteroatoms. The summed E-state index contributed by atoms with van der Waals surface area (Å²) in [7, 11) is 0. The fraction of sp³-hybridized carbons (Fsp3) is 0.474. The Kier molecular flexibility index (Phi) is 5.11. The Morgan fingerprint density at radius 3 is 2.61 bits per heavy atom. The highest BCUT2D eigenvalue weighted by molar-refractivity contribution is 7.14. The molecule has 1 aromatic carbocycles. The minimum Gasteiger partial charge on any atom is -0.302 e. The van der Waals surface area contributed by atoms with Crippen LogP contribution in [-0.4, -0.2) is 10.9 Å². The van der Waals surface area contributed by atoms with Crippen molar-refractivity contribution in [3.8, 4) is 11.3 Å². The number of anilines is 1. The van der Waals surface area contributed by atoms with Crippen molar-refractivity contribution in [2.24, 2.45) is 11.8 Å². The summed E-state index contributed by atoms with van der Waals surface area (Å²) in [5.41, 5.74) is 3.40. The maximum Gasteiger partial charge on any atom is 0.229 e. The van der Waals surface area contributed by atoms with Gasteiger partial charge in [-0.05, 0) is 30.7 Å². The maximum atomic E-state index is 12.2. The van der Waals surface area contributed by atoms with Crippen LogP contribution in [0.25, 0.3) is 11.3 Å². The second-order valence-electron chi connectivity index (χ2n) is 6.80. The van der Waals surface area contributed by atoms with Gasteiger partial charge in [0.15, 0.2) is 5.13 Å². The Morgan fingerprint density at radius 2 is 1.96 bits per heavy atom. The minimum atomic E-state index is 0.135. The van der Waals surface area contributed by atoms with Gasteiger partial charge in [-0.2, -0.15) is 0 Å². The van der Waals surface area contributed by atoms with Crippen LogP contribution in [0.15, 0.2) is 29.6 Å². The molecule has 1 saturated carbocycles. The smallest absolute Gasteiger partial charge is 0.229 e. The molecule has 122 valence electrons. The quantitative estimate of drug-likeness (QED) is 0.826. The zero-order valence-electron chi connectivity index (χ0n) is 13.8. The first-order valence-corrected chi connectivity index (χ1v) is 9.35. The van der Waals surface area contributed by atoms with Crippen molar-refractivity contribution in [1.29, 1.82) is 0 Å². The normalized spacial score (nSPS) is 15.3. The Bertz CT molecular complexity index is 654. The number of carbonyl (C=O) groups excluding carboxylic acids is 1. The first-order valence-electron chi connectivity index (χ1n) is 8.47.